The Morgan fingerprint density at radius 3 is 2.53 bits per heavy atom. The summed E-state index contributed by atoms with van der Waals surface area (Å²) in [5.74, 6) is -0.589. The molecule has 8 nitrogen and oxygen atoms in total. The van der Waals surface area contributed by atoms with Gasteiger partial charge >= 0.3 is 11.9 Å². The van der Waals surface area contributed by atoms with E-state index in [9.17, 15) is 19.2 Å². The molecule has 164 valence electrons. The highest BCUT2D eigenvalue weighted by atomic mass is 32.2. The number of amides is 2. The van der Waals surface area contributed by atoms with Gasteiger partial charge in [-0.05, 0) is 20.8 Å². The number of rotatable bonds is 7. The molecule has 0 bridgehead atoms. The van der Waals surface area contributed by atoms with Crippen molar-refractivity contribution in [3.05, 3.63) is 22.5 Å². The zero-order valence-corrected chi connectivity index (χ0v) is 19.4. The molecule has 30 heavy (non-hydrogen) atoms. The number of fused-ring (bicyclic) bond motifs is 1. The van der Waals surface area contributed by atoms with Crippen molar-refractivity contribution in [2.24, 2.45) is 0 Å². The Morgan fingerprint density at radius 1 is 1.27 bits per heavy atom. The Labute approximate surface area is 187 Å². The number of nitrogens with one attached hydrogen (secondary N) is 1. The van der Waals surface area contributed by atoms with E-state index < -0.39 is 40.1 Å². The fourth-order valence-corrected chi connectivity index (χ4v) is 7.62. The zero-order chi connectivity index (χ0) is 22.1. The van der Waals surface area contributed by atoms with Crippen LogP contribution in [-0.4, -0.2) is 75.6 Å². The molecule has 0 spiro atoms. The molecule has 0 aromatic heterocycles. The lowest BCUT2D eigenvalue weighted by Crippen LogP contribution is -2.71. The van der Waals surface area contributed by atoms with E-state index in [-0.39, 0.29) is 24.7 Å². The highest BCUT2D eigenvalue weighted by Crippen LogP contribution is 2.51. The van der Waals surface area contributed by atoms with Gasteiger partial charge in [-0.25, -0.2) is 9.59 Å². The summed E-state index contributed by atoms with van der Waals surface area (Å²) >= 11 is 4.28. The average Bonchev–Trinajstić information content (AvgIpc) is 3.29. The number of β-lactam (4-membered cyclic amide) rings is 1. The molecular weight excluding hydrogens is 448 g/mol. The van der Waals surface area contributed by atoms with Crippen molar-refractivity contribution in [1.29, 1.82) is 0 Å². The van der Waals surface area contributed by atoms with Crippen LogP contribution in [0.1, 0.15) is 20.8 Å². The molecule has 3 unspecified atom stereocenters. The van der Waals surface area contributed by atoms with Crippen LogP contribution in [0, 0.1) is 0 Å². The van der Waals surface area contributed by atoms with E-state index in [1.54, 1.807) is 6.92 Å². The number of esters is 2. The molecule has 3 aliphatic rings. The lowest BCUT2D eigenvalue weighted by Gasteiger charge is -2.43. The Bertz CT molecular complexity index is 804. The van der Waals surface area contributed by atoms with Gasteiger partial charge in [0.25, 0.3) is 5.91 Å². The molecule has 0 radical (unpaired) electrons. The maximum Gasteiger partial charge on any atom is 0.345 e. The molecule has 11 heteroatoms. The minimum atomic E-state index is -0.819. The largest absolute Gasteiger partial charge is 0.462 e. The fraction of sp³-hybridized carbons (Fsp3) is 0.579. The first-order valence-electron chi connectivity index (χ1n) is 9.48. The molecule has 1 N–H and O–H groups in total. The summed E-state index contributed by atoms with van der Waals surface area (Å²) in [5, 5.41) is 2.28. The lowest BCUT2D eigenvalue weighted by molar-refractivity contribution is -0.163. The highest BCUT2D eigenvalue weighted by molar-refractivity contribution is 8.25. The number of nitrogens with zero attached hydrogens (tertiary/aromatic N) is 1. The van der Waals surface area contributed by atoms with Gasteiger partial charge in [0.15, 0.2) is 0 Å². The molecule has 0 aromatic rings. The van der Waals surface area contributed by atoms with E-state index in [0.29, 0.717) is 4.24 Å². The van der Waals surface area contributed by atoms with Crippen molar-refractivity contribution in [2.45, 2.75) is 43.0 Å². The SMILES string of the molecule is C=CCOC(=O)C1N2C(=O)C(NC(=O)C(C(=O)OCC)=C3SCCS3)C2SC1(C)C. The van der Waals surface area contributed by atoms with Gasteiger partial charge in [0.2, 0.25) is 5.91 Å². The predicted molar refractivity (Wildman–Crippen MR) is 118 cm³/mol. The van der Waals surface area contributed by atoms with Crippen LogP contribution in [0.4, 0.5) is 0 Å². The minimum absolute atomic E-state index is 0.0557. The van der Waals surface area contributed by atoms with E-state index in [4.69, 9.17) is 9.47 Å². The normalized spacial score (nSPS) is 26.5. The molecule has 3 saturated heterocycles. The second kappa shape index (κ2) is 9.27. The monoisotopic (exact) mass is 472 g/mol. The molecular formula is C19H24N2O6S3. The van der Waals surface area contributed by atoms with Crippen LogP contribution in [-0.2, 0) is 28.7 Å². The van der Waals surface area contributed by atoms with Gasteiger partial charge in [-0.15, -0.1) is 35.3 Å². The van der Waals surface area contributed by atoms with Gasteiger partial charge in [-0.3, -0.25) is 9.59 Å². The Balaban J connectivity index is 1.76. The minimum Gasteiger partial charge on any atom is -0.462 e. The molecule has 3 fully saturated rings. The molecule has 0 aliphatic carbocycles. The topological polar surface area (TPSA) is 102 Å². The van der Waals surface area contributed by atoms with Gasteiger partial charge in [0.1, 0.15) is 29.6 Å². The third-order valence-electron chi connectivity index (χ3n) is 4.75. The lowest BCUT2D eigenvalue weighted by atomic mass is 9.96. The third-order valence-corrected chi connectivity index (χ3v) is 9.04. The summed E-state index contributed by atoms with van der Waals surface area (Å²) in [6.45, 7) is 9.13. The van der Waals surface area contributed by atoms with Crippen molar-refractivity contribution in [2.75, 3.05) is 24.7 Å². The molecule has 0 saturated carbocycles. The molecule has 0 aromatic carbocycles. The molecule has 2 amide bonds. The second-order valence-corrected chi connectivity index (χ2v) is 11.4. The van der Waals surface area contributed by atoms with Crippen LogP contribution in [0.25, 0.3) is 0 Å². The summed E-state index contributed by atoms with van der Waals surface area (Å²) in [5.41, 5.74) is -0.0557. The quantitative estimate of drug-likeness (QED) is 0.148. The van der Waals surface area contributed by atoms with Gasteiger partial charge in [0.05, 0.1) is 10.8 Å². The third kappa shape index (κ3) is 4.24. The Kier molecular flexibility index (Phi) is 7.13. The van der Waals surface area contributed by atoms with Gasteiger partial charge in [-0.1, -0.05) is 12.7 Å². The summed E-state index contributed by atoms with van der Waals surface area (Å²) < 4.78 is 10.2. The van der Waals surface area contributed by atoms with Gasteiger partial charge in [-0.2, -0.15) is 0 Å². The molecule has 3 aliphatic heterocycles. The van der Waals surface area contributed by atoms with Crippen LogP contribution in [0.15, 0.2) is 22.5 Å². The van der Waals surface area contributed by atoms with Crippen LogP contribution >= 0.6 is 35.3 Å². The number of thioether (sulfide) groups is 3. The van der Waals surface area contributed by atoms with E-state index in [1.165, 1.54) is 46.3 Å². The molecule has 3 rings (SSSR count). The molecule has 3 atom stereocenters. The van der Waals surface area contributed by atoms with Crippen molar-refractivity contribution in [3.63, 3.8) is 0 Å². The zero-order valence-electron chi connectivity index (χ0n) is 17.0. The van der Waals surface area contributed by atoms with E-state index in [2.05, 4.69) is 11.9 Å². The van der Waals surface area contributed by atoms with Gasteiger partial charge < -0.3 is 19.7 Å². The maximum atomic E-state index is 12.9. The summed E-state index contributed by atoms with van der Waals surface area (Å²) in [6.07, 6.45) is 1.47. The number of carbonyl (C=O) groups is 4. The standard InChI is InChI=1S/C19H24N2O6S3/c1-5-7-27-17(25)12-19(3,4)30-15-11(14(23)21(12)15)20-13(22)10(16(24)26-6-2)18-28-8-9-29-18/h5,11-12,15H,1,6-9H2,2-4H3,(H,20,22). The average molecular weight is 473 g/mol. The number of hydrogen-bond acceptors (Lipinski definition) is 9. The maximum absolute atomic E-state index is 12.9. The van der Waals surface area contributed by atoms with Crippen molar-refractivity contribution in [1.82, 2.24) is 10.2 Å². The highest BCUT2D eigenvalue weighted by Gasteiger charge is 2.64. The van der Waals surface area contributed by atoms with Crippen LogP contribution < -0.4 is 5.32 Å². The summed E-state index contributed by atoms with van der Waals surface area (Å²) in [6, 6.07) is -1.57. The first-order valence-corrected chi connectivity index (χ1v) is 12.3. The number of carbonyl (C=O) groups excluding carboxylic acids is 4. The van der Waals surface area contributed by atoms with Crippen LogP contribution in [0.5, 0.6) is 0 Å². The Morgan fingerprint density at radius 2 is 1.93 bits per heavy atom. The fourth-order valence-electron chi connectivity index (χ4n) is 3.49. The first kappa shape index (κ1) is 23.1. The summed E-state index contributed by atoms with van der Waals surface area (Å²) in [4.78, 5) is 52.1. The van der Waals surface area contributed by atoms with E-state index >= 15 is 0 Å². The predicted octanol–water partition coefficient (Wildman–Crippen LogP) is 1.52. The molecule has 3 heterocycles. The Hall–Kier alpha value is -1.59. The van der Waals surface area contributed by atoms with E-state index in [1.807, 2.05) is 13.8 Å². The second-order valence-electron chi connectivity index (χ2n) is 7.21. The number of hydrogen-bond donors (Lipinski definition) is 1. The summed E-state index contributed by atoms with van der Waals surface area (Å²) in [7, 11) is 0. The van der Waals surface area contributed by atoms with Gasteiger partial charge in [0, 0.05) is 16.3 Å². The number of ether oxygens (including phenoxy) is 2. The van der Waals surface area contributed by atoms with E-state index in [0.717, 1.165) is 11.5 Å². The van der Waals surface area contributed by atoms with Crippen molar-refractivity contribution in [3.8, 4) is 0 Å². The first-order chi connectivity index (χ1) is 14.2. The van der Waals surface area contributed by atoms with Crippen molar-refractivity contribution < 1.29 is 28.7 Å². The van der Waals surface area contributed by atoms with Crippen LogP contribution in [0.3, 0.4) is 0 Å². The van der Waals surface area contributed by atoms with Crippen LogP contribution in [0.2, 0.25) is 0 Å². The van der Waals surface area contributed by atoms with Crippen molar-refractivity contribution >= 4 is 59.0 Å². The smallest absolute Gasteiger partial charge is 0.345 e.